The van der Waals surface area contributed by atoms with Gasteiger partial charge in [-0.05, 0) is 101 Å². The molecule has 14 heteroatoms. The van der Waals surface area contributed by atoms with E-state index in [-0.39, 0.29) is 48.6 Å². The van der Waals surface area contributed by atoms with Gasteiger partial charge < -0.3 is 44.4 Å². The molecule has 1 aromatic carbocycles. The first kappa shape index (κ1) is 57.8. The summed E-state index contributed by atoms with van der Waals surface area (Å²) < 4.78 is 35.2. The van der Waals surface area contributed by atoms with Crippen molar-refractivity contribution >= 4 is 23.6 Å². The van der Waals surface area contributed by atoms with E-state index in [2.05, 4.69) is 71.3 Å². The van der Waals surface area contributed by atoms with Crippen LogP contribution in [0.5, 0.6) is 11.5 Å². The second kappa shape index (κ2) is 32.3. The van der Waals surface area contributed by atoms with E-state index in [4.69, 9.17) is 28.4 Å². The summed E-state index contributed by atoms with van der Waals surface area (Å²) in [7, 11) is 0. The molecule has 3 atom stereocenters. The number of ether oxygens (including phenoxy) is 6. The third-order valence-electron chi connectivity index (χ3n) is 13.1. The Morgan fingerprint density at radius 1 is 0.672 bits per heavy atom. The molecule has 1 aromatic rings. The predicted molar refractivity (Wildman–Crippen MR) is 265 cm³/mol. The zero-order chi connectivity index (χ0) is 49.0. The van der Waals surface area contributed by atoms with Gasteiger partial charge in [-0.3, -0.25) is 24.1 Å². The Bertz CT molecular complexity index is 1680. The average Bonchev–Trinajstić information content (AvgIpc) is 3.52. The summed E-state index contributed by atoms with van der Waals surface area (Å²) >= 11 is 0. The van der Waals surface area contributed by atoms with E-state index >= 15 is 0 Å². The lowest BCUT2D eigenvalue weighted by Crippen LogP contribution is -2.37. The van der Waals surface area contributed by atoms with Gasteiger partial charge in [0, 0.05) is 62.8 Å². The fraction of sp³-hybridized carbons (Fsp3) is 0.774. The second-order valence-corrected chi connectivity index (χ2v) is 19.6. The van der Waals surface area contributed by atoms with E-state index in [1.807, 2.05) is 0 Å². The summed E-state index contributed by atoms with van der Waals surface area (Å²) in [4.78, 5) is 49.0. The van der Waals surface area contributed by atoms with Crippen LogP contribution in [-0.4, -0.2) is 126 Å². The fourth-order valence-corrected chi connectivity index (χ4v) is 8.73. The Hall–Kier alpha value is -3.56. The zero-order valence-electron chi connectivity index (χ0n) is 43.1. The monoisotopic (exact) mass is 943 g/mol. The molecule has 0 saturated carbocycles. The van der Waals surface area contributed by atoms with Crippen LogP contribution < -0.4 is 25.4 Å². The van der Waals surface area contributed by atoms with Crippen LogP contribution >= 0.6 is 0 Å². The minimum Gasteiger partial charge on any atom is -0.492 e. The molecule has 14 nitrogen and oxygen atoms in total. The van der Waals surface area contributed by atoms with Crippen molar-refractivity contribution in [3.8, 4) is 11.5 Å². The molecule has 3 N–H and O–H groups in total. The number of imide groups is 1. The van der Waals surface area contributed by atoms with Crippen molar-refractivity contribution in [1.29, 1.82) is 0 Å². The van der Waals surface area contributed by atoms with Gasteiger partial charge in [-0.1, -0.05) is 72.6 Å². The number of fused-ring (bicyclic) bond motifs is 1. The largest absolute Gasteiger partial charge is 0.492 e. The number of nitrogens with one attached hydrogen (secondary N) is 3. The van der Waals surface area contributed by atoms with Crippen LogP contribution in [0.3, 0.4) is 0 Å². The summed E-state index contributed by atoms with van der Waals surface area (Å²) in [6.07, 6.45) is 16.0. The number of carbonyl (C=O) groups excluding carboxylic acids is 4. The van der Waals surface area contributed by atoms with Crippen molar-refractivity contribution in [3.05, 3.63) is 33.9 Å². The third-order valence-corrected chi connectivity index (χ3v) is 13.1. The van der Waals surface area contributed by atoms with Gasteiger partial charge in [0.2, 0.25) is 11.8 Å². The maximum atomic E-state index is 12.3. The standard InChI is InChI=1S/C53H90N4O10/c1-39(2)14-10-15-40(3)16-11-17-41(4)18-12-22-53(9)23-20-46-45(8)50(43(6)44(7)51(46)67-53)66-31-26-54-24-25-55-48(59)21-29-62-32-34-64-36-37-65-35-33-63-30-27-56-47(58)19-13-28-57-49(60)38-42(5)52(57)61/h38-41,54H,10-37H2,1-9H3,(H,55,59)(H,56,58)/t40-,41-,53-/m0/s1. The first-order valence-electron chi connectivity index (χ1n) is 25.7. The molecule has 2 aliphatic rings. The molecule has 3 rings (SSSR count). The van der Waals surface area contributed by atoms with Crippen molar-refractivity contribution in [1.82, 2.24) is 20.9 Å². The highest BCUT2D eigenvalue weighted by Gasteiger charge is 2.34. The van der Waals surface area contributed by atoms with Gasteiger partial charge in [0.15, 0.2) is 0 Å². The number of carbonyl (C=O) groups is 4. The zero-order valence-corrected chi connectivity index (χ0v) is 43.1. The van der Waals surface area contributed by atoms with Crippen LogP contribution in [0.1, 0.15) is 147 Å². The van der Waals surface area contributed by atoms with Crippen molar-refractivity contribution in [3.63, 3.8) is 0 Å². The van der Waals surface area contributed by atoms with Crippen LogP contribution in [0.4, 0.5) is 0 Å². The minimum atomic E-state index is -0.324. The van der Waals surface area contributed by atoms with E-state index in [1.54, 1.807) is 6.92 Å². The van der Waals surface area contributed by atoms with Gasteiger partial charge >= 0.3 is 0 Å². The molecule has 0 saturated heterocycles. The van der Waals surface area contributed by atoms with Crippen LogP contribution in [0.2, 0.25) is 0 Å². The molecule has 2 heterocycles. The van der Waals surface area contributed by atoms with E-state index in [9.17, 15) is 19.2 Å². The summed E-state index contributed by atoms with van der Waals surface area (Å²) in [5.41, 5.74) is 5.11. The Kier molecular flexibility index (Phi) is 27.8. The lowest BCUT2D eigenvalue weighted by Gasteiger charge is -2.38. The van der Waals surface area contributed by atoms with E-state index in [0.29, 0.717) is 97.6 Å². The quantitative estimate of drug-likeness (QED) is 0.0437. The molecule has 0 fully saturated rings. The Labute approximate surface area is 404 Å². The summed E-state index contributed by atoms with van der Waals surface area (Å²) in [5.74, 6) is 3.65. The van der Waals surface area contributed by atoms with Crippen LogP contribution in [-0.2, 0) is 44.5 Å². The molecule has 382 valence electrons. The maximum absolute atomic E-state index is 12.3. The summed E-state index contributed by atoms with van der Waals surface area (Å²) in [5, 5.41) is 9.06. The highest BCUT2D eigenvalue weighted by atomic mass is 16.6. The van der Waals surface area contributed by atoms with Crippen molar-refractivity contribution < 1.29 is 47.6 Å². The Morgan fingerprint density at radius 2 is 1.25 bits per heavy atom. The van der Waals surface area contributed by atoms with Gasteiger partial charge in [0.1, 0.15) is 23.7 Å². The van der Waals surface area contributed by atoms with E-state index < -0.39 is 0 Å². The van der Waals surface area contributed by atoms with Crippen LogP contribution in [0, 0.1) is 38.5 Å². The first-order chi connectivity index (χ1) is 32.1. The highest BCUT2D eigenvalue weighted by Crippen LogP contribution is 2.45. The molecule has 0 unspecified atom stereocenters. The minimum absolute atomic E-state index is 0.0534. The number of hydrogen-bond donors (Lipinski definition) is 3. The van der Waals surface area contributed by atoms with E-state index in [1.165, 1.54) is 74.1 Å². The molecule has 67 heavy (non-hydrogen) atoms. The molecule has 0 spiro atoms. The van der Waals surface area contributed by atoms with Gasteiger partial charge in [-0.15, -0.1) is 0 Å². The molecule has 0 radical (unpaired) electrons. The number of amides is 4. The molecule has 4 amide bonds. The van der Waals surface area contributed by atoms with Crippen molar-refractivity contribution in [2.75, 3.05) is 92.2 Å². The molecule has 0 bridgehead atoms. The van der Waals surface area contributed by atoms with Gasteiger partial charge in [-0.25, -0.2) is 0 Å². The Morgan fingerprint density at radius 3 is 1.88 bits per heavy atom. The number of rotatable bonds is 38. The number of benzene rings is 1. The van der Waals surface area contributed by atoms with Crippen LogP contribution in [0.25, 0.3) is 0 Å². The highest BCUT2D eigenvalue weighted by molar-refractivity contribution is 6.15. The number of nitrogens with zero attached hydrogens (tertiary/aromatic N) is 1. The summed E-state index contributed by atoms with van der Waals surface area (Å²) in [6.45, 7) is 26.0. The lowest BCUT2D eigenvalue weighted by molar-refractivity contribution is -0.137. The molecular weight excluding hydrogens is 853 g/mol. The normalized spacial score (nSPS) is 16.8. The molecule has 2 aliphatic heterocycles. The summed E-state index contributed by atoms with van der Waals surface area (Å²) in [6, 6.07) is 0. The SMILES string of the molecule is CC1=CC(=O)N(CCCC(=O)NCCOCCOCCOCCOCCC(=O)NCCNCCOc2c(C)c(C)c3c(c2C)CC[C@](C)(CCC[C@@H](C)CCC[C@@H](C)CCCC(C)C)O3)C1=O. The van der Waals surface area contributed by atoms with E-state index in [0.717, 1.165) is 59.0 Å². The van der Waals surface area contributed by atoms with Gasteiger partial charge in [-0.2, -0.15) is 0 Å². The molecule has 0 aliphatic carbocycles. The maximum Gasteiger partial charge on any atom is 0.256 e. The van der Waals surface area contributed by atoms with Crippen LogP contribution in [0.15, 0.2) is 11.6 Å². The predicted octanol–water partition coefficient (Wildman–Crippen LogP) is 7.89. The van der Waals surface area contributed by atoms with Crippen molar-refractivity contribution in [2.45, 2.75) is 158 Å². The average molecular weight is 943 g/mol. The van der Waals surface area contributed by atoms with Gasteiger partial charge in [0.25, 0.3) is 11.8 Å². The molecular formula is C53H90N4O10. The van der Waals surface area contributed by atoms with Crippen molar-refractivity contribution in [2.24, 2.45) is 17.8 Å². The smallest absolute Gasteiger partial charge is 0.256 e. The lowest BCUT2D eigenvalue weighted by atomic mass is 9.83. The molecule has 0 aromatic heterocycles. The number of hydrogen-bond acceptors (Lipinski definition) is 11. The fourth-order valence-electron chi connectivity index (χ4n) is 8.73. The van der Waals surface area contributed by atoms with Gasteiger partial charge in [0.05, 0.1) is 52.9 Å². The Balaban J connectivity index is 1.12. The third kappa shape index (κ3) is 22.6. The first-order valence-corrected chi connectivity index (χ1v) is 25.7. The second-order valence-electron chi connectivity index (χ2n) is 19.6. The topological polar surface area (TPSA) is 163 Å².